The van der Waals surface area contributed by atoms with Crippen molar-refractivity contribution < 1.29 is 4.39 Å². The molecule has 0 saturated carbocycles. The fraction of sp³-hybridized carbons (Fsp3) is 0.263. The van der Waals surface area contributed by atoms with Gasteiger partial charge >= 0.3 is 0 Å². The standard InChI is InChI=1S/C19H22FN/c1-4-8-16(9-5-2)17-10-11-18(19(20)14-17)15(3)21-12-6-7-13-21/h4-5,8-11,14H,1,3,6-7,12-13H2,2H3/b9-5-,16-8+. The zero-order valence-corrected chi connectivity index (χ0v) is 12.6. The van der Waals surface area contributed by atoms with E-state index < -0.39 is 0 Å². The zero-order chi connectivity index (χ0) is 15.2. The molecule has 1 aliphatic heterocycles. The minimum atomic E-state index is -0.219. The third kappa shape index (κ3) is 3.52. The van der Waals surface area contributed by atoms with Gasteiger partial charge in [-0.2, -0.15) is 0 Å². The van der Waals surface area contributed by atoms with Gasteiger partial charge in [-0.25, -0.2) is 4.39 Å². The van der Waals surface area contributed by atoms with E-state index in [1.165, 1.54) is 0 Å². The maximum atomic E-state index is 14.4. The van der Waals surface area contributed by atoms with Crippen molar-refractivity contribution in [2.45, 2.75) is 19.8 Å². The van der Waals surface area contributed by atoms with Gasteiger partial charge in [0.25, 0.3) is 0 Å². The Bertz CT molecular complexity index is 590. The van der Waals surface area contributed by atoms with Crippen LogP contribution < -0.4 is 0 Å². The van der Waals surface area contributed by atoms with Crippen LogP contribution in [0, 0.1) is 5.82 Å². The Kier molecular flexibility index (Phi) is 5.15. The summed E-state index contributed by atoms with van der Waals surface area (Å²) in [6.45, 7) is 11.6. The topological polar surface area (TPSA) is 3.24 Å². The second-order valence-corrected chi connectivity index (χ2v) is 5.19. The summed E-state index contributed by atoms with van der Waals surface area (Å²) in [4.78, 5) is 2.16. The SMILES string of the molecule is C=C/C=C(\C=C/C)c1ccc(C(=C)N2CCCC2)c(F)c1. The summed E-state index contributed by atoms with van der Waals surface area (Å²) in [5.41, 5.74) is 3.18. The van der Waals surface area contributed by atoms with E-state index in [4.69, 9.17) is 0 Å². The van der Waals surface area contributed by atoms with Crippen molar-refractivity contribution in [2.75, 3.05) is 13.1 Å². The van der Waals surface area contributed by atoms with Gasteiger partial charge in [0.2, 0.25) is 0 Å². The number of nitrogens with zero attached hydrogens (tertiary/aromatic N) is 1. The molecule has 0 aromatic heterocycles. The van der Waals surface area contributed by atoms with Crippen LogP contribution in [0.25, 0.3) is 11.3 Å². The van der Waals surface area contributed by atoms with Crippen molar-refractivity contribution >= 4 is 11.3 Å². The van der Waals surface area contributed by atoms with Gasteiger partial charge in [0, 0.05) is 24.4 Å². The minimum absolute atomic E-state index is 0.219. The van der Waals surface area contributed by atoms with E-state index in [2.05, 4.69) is 18.1 Å². The Morgan fingerprint density at radius 1 is 1.29 bits per heavy atom. The van der Waals surface area contributed by atoms with Crippen LogP contribution in [0.3, 0.4) is 0 Å². The summed E-state index contributed by atoms with van der Waals surface area (Å²) in [6.07, 6.45) is 9.79. The van der Waals surface area contributed by atoms with E-state index in [0.717, 1.165) is 42.8 Å². The molecule has 21 heavy (non-hydrogen) atoms. The van der Waals surface area contributed by atoms with E-state index in [0.29, 0.717) is 5.56 Å². The first-order valence-electron chi connectivity index (χ1n) is 7.37. The highest BCUT2D eigenvalue weighted by atomic mass is 19.1. The van der Waals surface area contributed by atoms with Crippen LogP contribution >= 0.6 is 0 Å². The highest BCUT2D eigenvalue weighted by Gasteiger charge is 2.17. The first kappa shape index (κ1) is 15.3. The number of benzene rings is 1. The normalized spacial score (nSPS) is 15.7. The quantitative estimate of drug-likeness (QED) is 0.684. The third-order valence-electron chi connectivity index (χ3n) is 3.74. The molecular formula is C19H22FN. The summed E-state index contributed by atoms with van der Waals surface area (Å²) in [5, 5.41) is 0. The first-order valence-corrected chi connectivity index (χ1v) is 7.37. The Morgan fingerprint density at radius 2 is 2.00 bits per heavy atom. The predicted octanol–water partition coefficient (Wildman–Crippen LogP) is 5.04. The molecular weight excluding hydrogens is 261 g/mol. The second-order valence-electron chi connectivity index (χ2n) is 5.19. The average Bonchev–Trinajstić information content (AvgIpc) is 3.00. The Balaban J connectivity index is 2.30. The fourth-order valence-electron chi connectivity index (χ4n) is 2.64. The molecule has 2 heteroatoms. The van der Waals surface area contributed by atoms with Crippen LogP contribution in [0.5, 0.6) is 0 Å². The van der Waals surface area contributed by atoms with E-state index in [1.807, 2.05) is 37.3 Å². The molecule has 0 spiro atoms. The van der Waals surface area contributed by atoms with Gasteiger partial charge in [0.05, 0.1) is 0 Å². The van der Waals surface area contributed by atoms with Gasteiger partial charge in [-0.15, -0.1) is 0 Å². The van der Waals surface area contributed by atoms with Crippen molar-refractivity contribution in [3.8, 4) is 0 Å². The number of halogens is 1. The lowest BCUT2D eigenvalue weighted by Crippen LogP contribution is -2.17. The summed E-state index contributed by atoms with van der Waals surface area (Å²) < 4.78 is 14.4. The lowest BCUT2D eigenvalue weighted by Gasteiger charge is -2.21. The van der Waals surface area contributed by atoms with E-state index in [9.17, 15) is 4.39 Å². The molecule has 1 aromatic rings. The molecule has 0 aliphatic carbocycles. The van der Waals surface area contributed by atoms with Crippen LogP contribution in [-0.4, -0.2) is 18.0 Å². The predicted molar refractivity (Wildman–Crippen MR) is 89.2 cm³/mol. The molecule has 1 fully saturated rings. The van der Waals surface area contributed by atoms with Crippen LogP contribution in [0.1, 0.15) is 30.9 Å². The molecule has 1 aliphatic rings. The molecule has 0 radical (unpaired) electrons. The molecule has 0 bridgehead atoms. The summed E-state index contributed by atoms with van der Waals surface area (Å²) >= 11 is 0. The molecule has 0 amide bonds. The number of likely N-dealkylation sites (tertiary alicyclic amines) is 1. The zero-order valence-electron chi connectivity index (χ0n) is 12.6. The van der Waals surface area contributed by atoms with Crippen molar-refractivity contribution in [2.24, 2.45) is 0 Å². The Labute approximate surface area is 126 Å². The van der Waals surface area contributed by atoms with Crippen LogP contribution in [-0.2, 0) is 0 Å². The second kappa shape index (κ2) is 7.07. The minimum Gasteiger partial charge on any atom is -0.371 e. The molecule has 1 aromatic carbocycles. The number of rotatable bonds is 5. The monoisotopic (exact) mass is 283 g/mol. The Morgan fingerprint density at radius 3 is 2.57 bits per heavy atom. The molecule has 1 saturated heterocycles. The molecule has 1 nitrogen and oxygen atoms in total. The van der Waals surface area contributed by atoms with Gasteiger partial charge in [-0.1, -0.05) is 43.5 Å². The third-order valence-corrected chi connectivity index (χ3v) is 3.74. The number of hydrogen-bond acceptors (Lipinski definition) is 1. The Hall–Kier alpha value is -2.09. The smallest absolute Gasteiger partial charge is 0.133 e. The lowest BCUT2D eigenvalue weighted by molar-refractivity contribution is 0.489. The molecule has 0 N–H and O–H groups in total. The van der Waals surface area contributed by atoms with Gasteiger partial charge in [0.15, 0.2) is 0 Å². The first-order chi connectivity index (χ1) is 10.2. The average molecular weight is 283 g/mol. The van der Waals surface area contributed by atoms with Crippen LogP contribution in [0.4, 0.5) is 4.39 Å². The maximum Gasteiger partial charge on any atom is 0.133 e. The van der Waals surface area contributed by atoms with E-state index in [1.54, 1.807) is 12.1 Å². The molecule has 110 valence electrons. The number of allylic oxidation sites excluding steroid dienone is 5. The van der Waals surface area contributed by atoms with Gasteiger partial charge in [-0.3, -0.25) is 0 Å². The molecule has 0 unspecified atom stereocenters. The number of hydrogen-bond donors (Lipinski definition) is 0. The fourth-order valence-corrected chi connectivity index (χ4v) is 2.64. The largest absolute Gasteiger partial charge is 0.371 e. The molecule has 2 rings (SSSR count). The van der Waals surface area contributed by atoms with Crippen LogP contribution in [0.2, 0.25) is 0 Å². The van der Waals surface area contributed by atoms with Gasteiger partial charge in [0.1, 0.15) is 5.82 Å². The van der Waals surface area contributed by atoms with Crippen molar-refractivity contribution in [3.05, 3.63) is 72.6 Å². The summed E-state index contributed by atoms with van der Waals surface area (Å²) in [6, 6.07) is 5.34. The van der Waals surface area contributed by atoms with Crippen molar-refractivity contribution in [1.82, 2.24) is 4.90 Å². The summed E-state index contributed by atoms with van der Waals surface area (Å²) in [5.74, 6) is -0.219. The highest BCUT2D eigenvalue weighted by Crippen LogP contribution is 2.27. The lowest BCUT2D eigenvalue weighted by atomic mass is 10.0. The van der Waals surface area contributed by atoms with E-state index in [-0.39, 0.29) is 5.82 Å². The van der Waals surface area contributed by atoms with Gasteiger partial charge in [-0.05, 0) is 43.0 Å². The van der Waals surface area contributed by atoms with Gasteiger partial charge < -0.3 is 4.90 Å². The highest BCUT2D eigenvalue weighted by molar-refractivity contribution is 5.76. The maximum absolute atomic E-state index is 14.4. The van der Waals surface area contributed by atoms with E-state index >= 15 is 0 Å². The summed E-state index contributed by atoms with van der Waals surface area (Å²) in [7, 11) is 0. The molecule has 0 atom stereocenters. The molecule has 1 heterocycles. The van der Waals surface area contributed by atoms with Crippen LogP contribution in [0.15, 0.2) is 55.7 Å². The van der Waals surface area contributed by atoms with Crippen molar-refractivity contribution in [1.29, 1.82) is 0 Å². The van der Waals surface area contributed by atoms with Crippen molar-refractivity contribution in [3.63, 3.8) is 0 Å².